The van der Waals surface area contributed by atoms with Crippen LogP contribution in [0.1, 0.15) is 104 Å². The van der Waals surface area contributed by atoms with Gasteiger partial charge in [-0.05, 0) is 36.5 Å². The topological polar surface area (TPSA) is 157 Å². The van der Waals surface area contributed by atoms with E-state index in [2.05, 4.69) is 6.92 Å². The van der Waals surface area contributed by atoms with Gasteiger partial charge in [0, 0.05) is 55.8 Å². The molecule has 0 saturated heterocycles. The first kappa shape index (κ1) is 36.1. The first-order chi connectivity index (χ1) is 23.6. The predicted molar refractivity (Wildman–Crippen MR) is 185 cm³/mol. The van der Waals surface area contributed by atoms with Crippen LogP contribution in [0.15, 0.2) is 95.9 Å². The van der Waals surface area contributed by atoms with Crippen molar-refractivity contribution in [3.63, 3.8) is 0 Å². The summed E-state index contributed by atoms with van der Waals surface area (Å²) in [6.07, 6.45) is 1.81. The maximum absolute atomic E-state index is 12.3. The van der Waals surface area contributed by atoms with Crippen LogP contribution in [-0.4, -0.2) is 47.7 Å². The van der Waals surface area contributed by atoms with Gasteiger partial charge in [-0.25, -0.2) is 0 Å². The molecule has 0 amide bonds. The Morgan fingerprint density at radius 3 is 1.20 bits per heavy atom. The third-order valence-electron chi connectivity index (χ3n) is 10.3. The molecule has 4 aromatic carbocycles. The molecule has 1 radical (unpaired) electrons. The van der Waals surface area contributed by atoms with E-state index in [1.807, 2.05) is 20.8 Å². The summed E-state index contributed by atoms with van der Waals surface area (Å²) < 4.78 is 31.2. The van der Waals surface area contributed by atoms with E-state index in [1.165, 1.54) is 12.1 Å². The van der Waals surface area contributed by atoms with E-state index >= 15 is 0 Å². The molecule has 4 aliphatic carbocycles. The second-order valence-electron chi connectivity index (χ2n) is 13.0. The summed E-state index contributed by atoms with van der Waals surface area (Å²) in [5, 5.41) is 0. The number of carbonyl (C=O) groups is 6. The quantitative estimate of drug-likeness (QED) is 0.148. The highest BCUT2D eigenvalue weighted by Crippen LogP contribution is 2.61. The fourth-order valence-corrected chi connectivity index (χ4v) is 7.59. The van der Waals surface area contributed by atoms with Crippen molar-refractivity contribution in [2.75, 3.05) is 0 Å². The van der Waals surface area contributed by atoms with Gasteiger partial charge in [0.25, 0.3) is 10.1 Å². The van der Waals surface area contributed by atoms with Crippen molar-refractivity contribution in [3.05, 3.63) is 142 Å². The lowest BCUT2D eigenvalue weighted by molar-refractivity contribution is -0.141. The SMILES string of the molecule is CC12CCC(C(=O)C1=O)C2(C)C.O=C1c2ccccc2C(=O)c2cc(S(=O)(=O)O)ccc21.O=C1c2ccccc2C(=O)c2ccccc21.[CH2]C. The summed E-state index contributed by atoms with van der Waals surface area (Å²) in [5.41, 5.74) is 2.23. The minimum atomic E-state index is -4.42. The number of Topliss-reactive ketones (excluding diaryl/α,β-unsaturated/α-hetero) is 2. The van der Waals surface area contributed by atoms with Crippen molar-refractivity contribution in [2.24, 2.45) is 16.7 Å². The van der Waals surface area contributed by atoms with Crippen LogP contribution in [0.4, 0.5) is 0 Å². The Morgan fingerprint density at radius 1 is 0.580 bits per heavy atom. The van der Waals surface area contributed by atoms with Crippen molar-refractivity contribution < 1.29 is 41.7 Å². The molecule has 50 heavy (non-hydrogen) atoms. The Bertz CT molecular complexity index is 2120. The molecule has 4 aromatic rings. The first-order valence-electron chi connectivity index (χ1n) is 16.0. The van der Waals surface area contributed by atoms with Crippen molar-refractivity contribution in [3.8, 4) is 0 Å². The molecular formula is C40H35O9S. The average Bonchev–Trinajstić information content (AvgIpc) is 3.43. The summed E-state index contributed by atoms with van der Waals surface area (Å²) in [5.74, 6) is -1.12. The van der Waals surface area contributed by atoms with E-state index < -0.39 is 20.8 Å². The van der Waals surface area contributed by atoms with Gasteiger partial charge >= 0.3 is 0 Å². The number of fused-ring (bicyclic) bond motifs is 6. The number of ketones is 6. The highest BCUT2D eigenvalue weighted by atomic mass is 32.2. The molecule has 2 bridgehead atoms. The molecule has 0 spiro atoms. The zero-order chi connectivity index (χ0) is 36.8. The molecule has 4 aliphatic rings. The highest BCUT2D eigenvalue weighted by molar-refractivity contribution is 7.85. The van der Waals surface area contributed by atoms with E-state index in [1.54, 1.807) is 73.7 Å². The molecule has 8 rings (SSSR count). The molecule has 2 atom stereocenters. The molecule has 255 valence electrons. The maximum atomic E-state index is 12.3. The van der Waals surface area contributed by atoms with E-state index in [4.69, 9.17) is 4.55 Å². The van der Waals surface area contributed by atoms with Gasteiger partial charge in [0.2, 0.25) is 11.6 Å². The predicted octanol–water partition coefficient (Wildman–Crippen LogP) is 6.59. The Balaban J connectivity index is 0.000000146. The molecule has 0 aromatic heterocycles. The molecule has 2 fully saturated rings. The van der Waals surface area contributed by atoms with Crippen LogP contribution in [-0.2, 0) is 19.7 Å². The largest absolute Gasteiger partial charge is 0.294 e. The number of benzene rings is 4. The number of hydrogen-bond acceptors (Lipinski definition) is 8. The molecule has 10 heteroatoms. The second-order valence-corrected chi connectivity index (χ2v) is 14.4. The first-order valence-corrected chi connectivity index (χ1v) is 17.4. The van der Waals surface area contributed by atoms with Gasteiger partial charge in [-0.15, -0.1) is 0 Å². The number of rotatable bonds is 1. The van der Waals surface area contributed by atoms with Gasteiger partial charge in [-0.2, -0.15) is 8.42 Å². The lowest BCUT2D eigenvalue weighted by Crippen LogP contribution is -2.33. The molecule has 0 aliphatic heterocycles. The van der Waals surface area contributed by atoms with Gasteiger partial charge in [-0.3, -0.25) is 33.3 Å². The van der Waals surface area contributed by atoms with E-state index in [0.29, 0.717) is 27.8 Å². The standard InChI is InChI=1S/C14H8O5S.C14H8O2.C10H14O2.C2H5/c15-13-9-3-1-2-4-10(9)14(16)12-7-8(20(17,18)19)5-6-11(12)13;15-13-9-5-1-2-6-10(9)14(16)12-8-4-3-7-11(12)13;1-9(2)6-4-5-10(9,3)8(12)7(6)11;1-2/h1-7H,(H,17,18,19);1-8H;6H,4-5H2,1-3H3;1H2,2H3. The summed E-state index contributed by atoms with van der Waals surface area (Å²) in [6.45, 7) is 11.0. The smallest absolute Gasteiger partial charge is 0.291 e. The molecule has 0 heterocycles. The summed E-state index contributed by atoms with van der Waals surface area (Å²) in [4.78, 5) is 71.3. The minimum Gasteiger partial charge on any atom is -0.291 e. The number of carbonyl (C=O) groups excluding carboxylic acids is 6. The van der Waals surface area contributed by atoms with Crippen LogP contribution < -0.4 is 0 Å². The Morgan fingerprint density at radius 2 is 0.920 bits per heavy atom. The second kappa shape index (κ2) is 13.3. The van der Waals surface area contributed by atoms with E-state index in [0.717, 1.165) is 25.0 Å². The maximum Gasteiger partial charge on any atom is 0.294 e. The lowest BCUT2D eigenvalue weighted by atomic mass is 9.70. The van der Waals surface area contributed by atoms with Crippen LogP contribution >= 0.6 is 0 Å². The van der Waals surface area contributed by atoms with Crippen molar-refractivity contribution >= 4 is 44.8 Å². The van der Waals surface area contributed by atoms with Crippen LogP contribution in [0, 0.1) is 23.7 Å². The average molecular weight is 692 g/mol. The number of hydrogen-bond donors (Lipinski definition) is 1. The van der Waals surface area contributed by atoms with Crippen LogP contribution in [0.2, 0.25) is 0 Å². The van der Waals surface area contributed by atoms with E-state index in [-0.39, 0.29) is 62.4 Å². The third kappa shape index (κ3) is 5.78. The molecular weight excluding hydrogens is 656 g/mol. The zero-order valence-corrected chi connectivity index (χ0v) is 28.8. The molecule has 2 saturated carbocycles. The van der Waals surface area contributed by atoms with Crippen molar-refractivity contribution in [2.45, 2.75) is 45.4 Å². The van der Waals surface area contributed by atoms with Gasteiger partial charge in [0.1, 0.15) is 0 Å². The molecule has 2 unspecified atom stereocenters. The van der Waals surface area contributed by atoms with Crippen LogP contribution in [0.5, 0.6) is 0 Å². The minimum absolute atomic E-state index is 0.00926. The van der Waals surface area contributed by atoms with Gasteiger partial charge in [-0.1, -0.05) is 107 Å². The Kier molecular flexibility index (Phi) is 9.57. The fraction of sp³-hybridized carbons (Fsp3) is 0.225. The zero-order valence-electron chi connectivity index (χ0n) is 28.0. The Labute approximate surface area is 290 Å². The summed E-state index contributed by atoms with van der Waals surface area (Å²) in [6, 6.07) is 23.6. The van der Waals surface area contributed by atoms with E-state index in [9.17, 15) is 37.2 Å². The van der Waals surface area contributed by atoms with Gasteiger partial charge in [0.15, 0.2) is 23.1 Å². The van der Waals surface area contributed by atoms with Gasteiger partial charge < -0.3 is 0 Å². The highest BCUT2D eigenvalue weighted by Gasteiger charge is 2.66. The van der Waals surface area contributed by atoms with Crippen LogP contribution in [0.3, 0.4) is 0 Å². The summed E-state index contributed by atoms with van der Waals surface area (Å²) >= 11 is 0. The normalized spacial score (nSPS) is 20.5. The third-order valence-corrected chi connectivity index (χ3v) is 11.1. The Hall–Kier alpha value is -5.19. The summed E-state index contributed by atoms with van der Waals surface area (Å²) in [7, 11) is -4.42. The molecule has 9 nitrogen and oxygen atoms in total. The van der Waals surface area contributed by atoms with Crippen molar-refractivity contribution in [1.82, 2.24) is 0 Å². The monoisotopic (exact) mass is 691 g/mol. The molecule has 1 N–H and O–H groups in total. The van der Waals surface area contributed by atoms with Crippen LogP contribution in [0.25, 0.3) is 0 Å². The van der Waals surface area contributed by atoms with Gasteiger partial charge in [0.05, 0.1) is 4.90 Å². The fourth-order valence-electron chi connectivity index (χ4n) is 7.08. The van der Waals surface area contributed by atoms with Crippen molar-refractivity contribution in [1.29, 1.82) is 0 Å². The lowest BCUT2D eigenvalue weighted by Gasteiger charge is -2.31.